The van der Waals surface area contributed by atoms with Gasteiger partial charge >= 0.3 is 0 Å². The molecule has 2 aromatic heterocycles. The Labute approximate surface area is 202 Å². The van der Waals surface area contributed by atoms with E-state index in [0.717, 1.165) is 48.4 Å². The monoisotopic (exact) mass is 469 g/mol. The number of para-hydroxylation sites is 1. The van der Waals surface area contributed by atoms with E-state index in [9.17, 15) is 9.59 Å². The van der Waals surface area contributed by atoms with Gasteiger partial charge in [0.1, 0.15) is 5.82 Å². The average molecular weight is 470 g/mol. The summed E-state index contributed by atoms with van der Waals surface area (Å²) in [6.45, 7) is 1.78. The minimum atomic E-state index is -0.542. The number of imidazole rings is 1. The van der Waals surface area contributed by atoms with Crippen LogP contribution in [-0.2, 0) is 11.2 Å². The first-order valence-electron chi connectivity index (χ1n) is 11.7. The van der Waals surface area contributed by atoms with Crippen LogP contribution in [0.25, 0.3) is 28.2 Å². The number of rotatable bonds is 8. The van der Waals surface area contributed by atoms with Crippen LogP contribution in [0.15, 0.2) is 67.1 Å². The lowest BCUT2D eigenvalue weighted by Crippen LogP contribution is -2.40. The molecule has 0 unspecified atom stereocenters. The van der Waals surface area contributed by atoms with Crippen LogP contribution in [-0.4, -0.2) is 49.7 Å². The lowest BCUT2D eigenvalue weighted by atomic mass is 9.96. The quantitative estimate of drug-likeness (QED) is 0.366. The third kappa shape index (κ3) is 4.85. The maximum absolute atomic E-state index is 12.5. The molecule has 9 heteroatoms. The molecule has 3 heterocycles. The highest BCUT2D eigenvalue weighted by Gasteiger charge is 2.23. The van der Waals surface area contributed by atoms with Gasteiger partial charge in [0.25, 0.3) is 0 Å². The second-order valence-corrected chi connectivity index (χ2v) is 8.57. The number of nitrogens with one attached hydrogen (secondary N) is 2. The van der Waals surface area contributed by atoms with Gasteiger partial charge in [-0.1, -0.05) is 30.3 Å². The van der Waals surface area contributed by atoms with Crippen molar-refractivity contribution in [1.82, 2.24) is 30.2 Å². The van der Waals surface area contributed by atoms with E-state index in [1.165, 1.54) is 0 Å². The number of nitrogens with two attached hydrogens (primary N) is 1. The van der Waals surface area contributed by atoms with Gasteiger partial charge in [0.15, 0.2) is 0 Å². The van der Waals surface area contributed by atoms with Crippen LogP contribution in [0, 0.1) is 0 Å². The van der Waals surface area contributed by atoms with Crippen molar-refractivity contribution < 1.29 is 9.59 Å². The molecule has 1 aliphatic heterocycles. The highest BCUT2D eigenvalue weighted by Crippen LogP contribution is 2.35. The fraction of sp³-hybridized carbons (Fsp3) is 0.231. The van der Waals surface area contributed by atoms with Gasteiger partial charge in [0.05, 0.1) is 17.5 Å². The number of hydrogen-bond acceptors (Lipinski definition) is 5. The van der Waals surface area contributed by atoms with Crippen LogP contribution in [0.4, 0.5) is 0 Å². The Kier molecular flexibility index (Phi) is 6.40. The molecule has 178 valence electrons. The van der Waals surface area contributed by atoms with E-state index >= 15 is 0 Å². The molecule has 2 amide bonds. The summed E-state index contributed by atoms with van der Waals surface area (Å²) in [4.78, 5) is 29.9. The van der Waals surface area contributed by atoms with E-state index in [4.69, 9.17) is 10.7 Å². The molecular formula is C26H27N7O2. The molecule has 1 aliphatic rings. The zero-order valence-electron chi connectivity index (χ0n) is 19.3. The van der Waals surface area contributed by atoms with Crippen molar-refractivity contribution in [3.05, 3.63) is 78.4 Å². The van der Waals surface area contributed by atoms with Crippen molar-refractivity contribution in [1.29, 1.82) is 0 Å². The van der Waals surface area contributed by atoms with Crippen LogP contribution in [0.2, 0.25) is 0 Å². The second-order valence-electron chi connectivity index (χ2n) is 8.57. The van der Waals surface area contributed by atoms with Crippen LogP contribution >= 0.6 is 0 Å². The minimum Gasteiger partial charge on any atom is -0.366 e. The predicted molar refractivity (Wildman–Crippen MR) is 132 cm³/mol. The Hall–Kier alpha value is -4.24. The first kappa shape index (κ1) is 22.5. The molecule has 4 aromatic rings. The van der Waals surface area contributed by atoms with Crippen molar-refractivity contribution in [2.45, 2.75) is 25.7 Å². The topological polar surface area (TPSA) is 122 Å². The summed E-state index contributed by atoms with van der Waals surface area (Å²) >= 11 is 0. The first-order valence-corrected chi connectivity index (χ1v) is 11.7. The summed E-state index contributed by atoms with van der Waals surface area (Å²) in [7, 11) is 0. The SMILES string of the molecule is NC(=O)c1cccc(-c2cn[nH]c2)c1-c1nc(CCC(=O)NN2CCCC2)cn1-c1ccccc1. The number of benzene rings is 2. The maximum atomic E-state index is 12.5. The molecule has 1 fully saturated rings. The molecular weight excluding hydrogens is 442 g/mol. The number of primary amides is 1. The summed E-state index contributed by atoms with van der Waals surface area (Å²) in [5.74, 6) is 0.00980. The molecule has 4 N–H and O–H groups in total. The lowest BCUT2D eigenvalue weighted by Gasteiger charge is -2.15. The normalized spacial score (nSPS) is 13.7. The van der Waals surface area contributed by atoms with Gasteiger partial charge in [-0.15, -0.1) is 0 Å². The molecule has 0 spiro atoms. The number of nitrogens with zero attached hydrogens (tertiary/aromatic N) is 4. The van der Waals surface area contributed by atoms with Crippen LogP contribution in [0.5, 0.6) is 0 Å². The predicted octanol–water partition coefficient (Wildman–Crippen LogP) is 3.09. The number of hydrazine groups is 1. The Morgan fingerprint density at radius 3 is 2.57 bits per heavy atom. The fourth-order valence-corrected chi connectivity index (χ4v) is 4.45. The average Bonchev–Trinajstić information content (AvgIpc) is 3.65. The van der Waals surface area contributed by atoms with Crippen molar-refractivity contribution in [3.63, 3.8) is 0 Å². The third-order valence-corrected chi connectivity index (χ3v) is 6.15. The molecule has 9 nitrogen and oxygen atoms in total. The number of carbonyl (C=O) groups is 2. The number of aryl methyl sites for hydroxylation is 1. The van der Waals surface area contributed by atoms with E-state index < -0.39 is 5.91 Å². The largest absolute Gasteiger partial charge is 0.366 e. The number of H-pyrrole nitrogens is 1. The number of aromatic nitrogens is 4. The van der Waals surface area contributed by atoms with E-state index in [1.807, 2.05) is 52.2 Å². The number of hydrogen-bond donors (Lipinski definition) is 3. The van der Waals surface area contributed by atoms with Crippen molar-refractivity contribution in [2.75, 3.05) is 13.1 Å². The molecule has 0 aliphatic carbocycles. The van der Waals surface area contributed by atoms with Crippen molar-refractivity contribution >= 4 is 11.8 Å². The maximum Gasteiger partial charge on any atom is 0.249 e. The second kappa shape index (κ2) is 9.94. The molecule has 5 rings (SSSR count). The van der Waals surface area contributed by atoms with Gasteiger partial charge < -0.3 is 5.73 Å². The molecule has 35 heavy (non-hydrogen) atoms. The van der Waals surface area contributed by atoms with Gasteiger partial charge in [-0.2, -0.15) is 5.10 Å². The van der Waals surface area contributed by atoms with Crippen molar-refractivity contribution in [2.24, 2.45) is 5.73 Å². The lowest BCUT2D eigenvalue weighted by molar-refractivity contribution is -0.125. The molecule has 0 atom stereocenters. The van der Waals surface area contributed by atoms with Gasteiger partial charge in [0.2, 0.25) is 11.8 Å². The fourth-order valence-electron chi connectivity index (χ4n) is 4.45. The van der Waals surface area contributed by atoms with Crippen LogP contribution in [0.3, 0.4) is 0 Å². The zero-order chi connectivity index (χ0) is 24.2. The smallest absolute Gasteiger partial charge is 0.249 e. The highest BCUT2D eigenvalue weighted by atomic mass is 16.2. The van der Waals surface area contributed by atoms with Gasteiger partial charge in [-0.3, -0.25) is 24.7 Å². The third-order valence-electron chi connectivity index (χ3n) is 6.15. The Bertz CT molecular complexity index is 1320. The van der Waals surface area contributed by atoms with Crippen LogP contribution in [0.1, 0.15) is 35.3 Å². The van der Waals surface area contributed by atoms with Crippen molar-refractivity contribution in [3.8, 4) is 28.2 Å². The van der Waals surface area contributed by atoms with E-state index in [1.54, 1.807) is 24.5 Å². The zero-order valence-corrected chi connectivity index (χ0v) is 19.3. The first-order chi connectivity index (χ1) is 17.1. The summed E-state index contributed by atoms with van der Waals surface area (Å²) in [6.07, 6.45) is 8.36. The highest BCUT2D eigenvalue weighted by molar-refractivity contribution is 6.03. The summed E-state index contributed by atoms with van der Waals surface area (Å²) in [5.41, 5.74) is 13.0. The van der Waals surface area contributed by atoms with E-state index in [2.05, 4.69) is 15.6 Å². The number of carbonyl (C=O) groups excluding carboxylic acids is 2. The molecule has 0 radical (unpaired) electrons. The van der Waals surface area contributed by atoms with Gasteiger partial charge in [-0.25, -0.2) is 9.99 Å². The molecule has 2 aromatic carbocycles. The van der Waals surface area contributed by atoms with E-state index in [-0.39, 0.29) is 5.91 Å². The summed E-state index contributed by atoms with van der Waals surface area (Å²) < 4.78 is 1.94. The number of aromatic amines is 1. The summed E-state index contributed by atoms with van der Waals surface area (Å²) in [5, 5.41) is 8.86. The standard InChI is InChI=1S/C26H27N7O2/c27-25(35)22-10-6-9-21(18-15-28-29-16-18)24(22)26-30-19(17-33(26)20-7-2-1-3-8-20)11-12-23(34)31-32-13-4-5-14-32/h1-3,6-10,15-17H,4-5,11-14H2,(H2,27,35)(H,28,29)(H,31,34). The Balaban J connectivity index is 1.55. The Morgan fingerprint density at radius 1 is 1.06 bits per heavy atom. The van der Waals surface area contributed by atoms with Gasteiger partial charge in [0, 0.05) is 55.1 Å². The van der Waals surface area contributed by atoms with Gasteiger partial charge in [-0.05, 0) is 36.6 Å². The van der Waals surface area contributed by atoms with Crippen LogP contribution < -0.4 is 11.2 Å². The number of amides is 2. The Morgan fingerprint density at radius 2 is 1.86 bits per heavy atom. The molecule has 1 saturated heterocycles. The van der Waals surface area contributed by atoms with E-state index in [0.29, 0.717) is 29.8 Å². The summed E-state index contributed by atoms with van der Waals surface area (Å²) in [6, 6.07) is 15.2. The molecule has 0 saturated carbocycles. The molecule has 0 bridgehead atoms. The minimum absolute atomic E-state index is 0.0284.